The highest BCUT2D eigenvalue weighted by atomic mass is 32.1. The standard InChI is InChI=1S/C27H32N8O3S/c1-17-23(10-19(12-28-17)31-25(36)16-33(2)20-6-8-38-9-7-20)32-26(37)22-13-30-35-15-24(39-27(22)35)18-11-29-34(14-18)21-4-3-5-21/h10-15,20-21H,3-9,16H2,1-2H3,(H,31,36)(H,32,37). The van der Waals surface area contributed by atoms with Gasteiger partial charge in [0.2, 0.25) is 5.91 Å². The van der Waals surface area contributed by atoms with Gasteiger partial charge >= 0.3 is 0 Å². The summed E-state index contributed by atoms with van der Waals surface area (Å²) in [6.45, 7) is 3.54. The van der Waals surface area contributed by atoms with Crippen LogP contribution < -0.4 is 10.6 Å². The van der Waals surface area contributed by atoms with E-state index >= 15 is 0 Å². The Balaban J connectivity index is 1.13. The lowest BCUT2D eigenvalue weighted by Gasteiger charge is -2.30. The Morgan fingerprint density at radius 2 is 1.92 bits per heavy atom. The SMILES string of the molecule is Cc1ncc(NC(=O)CN(C)C2CCOCC2)cc1NC(=O)c1cnn2cc(-c3cnn(C4CCC4)c3)sc12. The molecule has 2 aliphatic rings. The first-order valence-corrected chi connectivity index (χ1v) is 14.1. The number of thiazole rings is 1. The van der Waals surface area contributed by atoms with Gasteiger partial charge in [0.05, 0.1) is 58.7 Å². The minimum absolute atomic E-state index is 0.128. The topological polar surface area (TPSA) is 119 Å². The predicted octanol–water partition coefficient (Wildman–Crippen LogP) is 3.99. The summed E-state index contributed by atoms with van der Waals surface area (Å²) in [4.78, 5) is 34.2. The van der Waals surface area contributed by atoms with E-state index in [2.05, 4.69) is 36.9 Å². The van der Waals surface area contributed by atoms with Crippen molar-refractivity contribution in [3.05, 3.63) is 48.3 Å². The first kappa shape index (κ1) is 25.7. The minimum atomic E-state index is -0.281. The Kier molecular flexibility index (Phi) is 7.15. The van der Waals surface area contributed by atoms with Crippen LogP contribution in [-0.4, -0.2) is 73.9 Å². The van der Waals surface area contributed by atoms with Gasteiger partial charge in [0, 0.05) is 37.2 Å². The number of aryl methyl sites for hydroxylation is 1. The maximum Gasteiger partial charge on any atom is 0.260 e. The number of fused-ring (bicyclic) bond motifs is 1. The lowest BCUT2D eigenvalue weighted by atomic mass is 9.93. The summed E-state index contributed by atoms with van der Waals surface area (Å²) in [7, 11) is 1.96. The zero-order valence-corrected chi connectivity index (χ0v) is 22.9. The van der Waals surface area contributed by atoms with Gasteiger partial charge in [-0.2, -0.15) is 10.2 Å². The number of carbonyl (C=O) groups is 2. The van der Waals surface area contributed by atoms with Crippen molar-refractivity contribution < 1.29 is 14.3 Å². The smallest absolute Gasteiger partial charge is 0.260 e. The highest BCUT2D eigenvalue weighted by Crippen LogP contribution is 2.35. The van der Waals surface area contributed by atoms with Crippen molar-refractivity contribution in [2.75, 3.05) is 37.4 Å². The van der Waals surface area contributed by atoms with E-state index in [1.54, 1.807) is 23.0 Å². The predicted molar refractivity (Wildman–Crippen MR) is 149 cm³/mol. The van der Waals surface area contributed by atoms with Gasteiger partial charge in [0.25, 0.3) is 5.91 Å². The molecule has 0 bridgehead atoms. The molecule has 12 heteroatoms. The third kappa shape index (κ3) is 5.45. The lowest BCUT2D eigenvalue weighted by Crippen LogP contribution is -2.41. The van der Waals surface area contributed by atoms with Crippen LogP contribution in [0.25, 0.3) is 15.3 Å². The summed E-state index contributed by atoms with van der Waals surface area (Å²) < 4.78 is 9.18. The van der Waals surface area contributed by atoms with Crippen LogP contribution in [0, 0.1) is 6.92 Å². The maximum atomic E-state index is 13.3. The number of aromatic nitrogens is 5. The summed E-state index contributed by atoms with van der Waals surface area (Å²) in [5.74, 6) is -0.409. The van der Waals surface area contributed by atoms with E-state index < -0.39 is 0 Å². The van der Waals surface area contributed by atoms with Crippen molar-refractivity contribution in [2.45, 2.75) is 51.1 Å². The average molecular weight is 549 g/mol. The summed E-state index contributed by atoms with van der Waals surface area (Å²) in [6, 6.07) is 2.57. The molecular formula is C27H32N8O3S. The molecule has 39 heavy (non-hydrogen) atoms. The van der Waals surface area contributed by atoms with E-state index in [0.717, 1.165) is 41.3 Å². The molecule has 2 amide bonds. The second kappa shape index (κ2) is 10.9. The molecule has 1 saturated heterocycles. The van der Waals surface area contributed by atoms with E-state index in [1.807, 2.05) is 31.0 Å². The second-order valence-corrected chi connectivity index (χ2v) is 11.3. The Morgan fingerprint density at radius 1 is 1.10 bits per heavy atom. The zero-order chi connectivity index (χ0) is 26.9. The van der Waals surface area contributed by atoms with Crippen LogP contribution in [0.2, 0.25) is 0 Å². The highest BCUT2D eigenvalue weighted by Gasteiger charge is 2.23. The number of nitrogens with zero attached hydrogens (tertiary/aromatic N) is 6. The van der Waals surface area contributed by atoms with E-state index in [9.17, 15) is 9.59 Å². The van der Waals surface area contributed by atoms with Gasteiger partial charge in [-0.25, -0.2) is 4.52 Å². The van der Waals surface area contributed by atoms with Crippen molar-refractivity contribution in [1.29, 1.82) is 0 Å². The molecule has 0 unspecified atom stereocenters. The van der Waals surface area contributed by atoms with E-state index in [4.69, 9.17) is 4.74 Å². The van der Waals surface area contributed by atoms with Gasteiger partial charge in [-0.3, -0.25) is 24.2 Å². The van der Waals surface area contributed by atoms with Crippen molar-refractivity contribution in [3.8, 4) is 10.4 Å². The number of rotatable bonds is 8. The molecule has 5 heterocycles. The fourth-order valence-electron chi connectivity index (χ4n) is 4.99. The average Bonchev–Trinajstić information content (AvgIpc) is 3.61. The Bertz CT molecular complexity index is 1500. The molecule has 2 fully saturated rings. The minimum Gasteiger partial charge on any atom is -0.381 e. The summed E-state index contributed by atoms with van der Waals surface area (Å²) in [6.07, 6.45) is 14.5. The fraction of sp³-hybridized carbons (Fsp3) is 0.444. The third-order valence-corrected chi connectivity index (χ3v) is 8.76. The molecule has 2 N–H and O–H groups in total. The van der Waals surface area contributed by atoms with Crippen LogP contribution in [0.4, 0.5) is 11.4 Å². The van der Waals surface area contributed by atoms with Crippen LogP contribution in [0.3, 0.4) is 0 Å². The van der Waals surface area contributed by atoms with Crippen LogP contribution in [0.1, 0.15) is 54.2 Å². The molecule has 0 aromatic carbocycles. The molecule has 0 atom stereocenters. The number of nitrogens with one attached hydrogen (secondary N) is 2. The molecule has 0 radical (unpaired) electrons. The lowest BCUT2D eigenvalue weighted by molar-refractivity contribution is -0.118. The normalized spacial score (nSPS) is 16.5. The van der Waals surface area contributed by atoms with Gasteiger partial charge in [-0.15, -0.1) is 11.3 Å². The van der Waals surface area contributed by atoms with Gasteiger partial charge in [-0.05, 0) is 52.1 Å². The first-order valence-electron chi connectivity index (χ1n) is 13.3. The number of ether oxygens (including phenoxy) is 1. The maximum absolute atomic E-state index is 13.3. The van der Waals surface area contributed by atoms with Gasteiger partial charge in [-0.1, -0.05) is 0 Å². The molecule has 11 nitrogen and oxygen atoms in total. The molecule has 1 aliphatic carbocycles. The summed E-state index contributed by atoms with van der Waals surface area (Å²) in [5.41, 5.74) is 3.22. The van der Waals surface area contributed by atoms with E-state index in [1.165, 1.54) is 30.6 Å². The van der Waals surface area contributed by atoms with Gasteiger partial charge in [0.1, 0.15) is 4.83 Å². The number of anilines is 2. The molecular weight excluding hydrogens is 516 g/mol. The third-order valence-electron chi connectivity index (χ3n) is 7.60. The Labute approximate surface area is 230 Å². The fourth-order valence-corrected chi connectivity index (χ4v) is 6.02. The van der Waals surface area contributed by atoms with Crippen molar-refractivity contribution in [1.82, 2.24) is 29.3 Å². The van der Waals surface area contributed by atoms with Gasteiger partial charge < -0.3 is 15.4 Å². The molecule has 6 rings (SSSR count). The van der Waals surface area contributed by atoms with Crippen molar-refractivity contribution >= 4 is 39.4 Å². The molecule has 1 aliphatic heterocycles. The number of pyridine rings is 1. The number of hydrogen-bond acceptors (Lipinski definition) is 8. The summed E-state index contributed by atoms with van der Waals surface area (Å²) in [5, 5.41) is 14.8. The van der Waals surface area contributed by atoms with Crippen molar-refractivity contribution in [3.63, 3.8) is 0 Å². The first-order chi connectivity index (χ1) is 18.9. The second-order valence-electron chi connectivity index (χ2n) is 10.3. The van der Waals surface area contributed by atoms with Crippen LogP contribution in [0.5, 0.6) is 0 Å². The summed E-state index contributed by atoms with van der Waals surface area (Å²) >= 11 is 1.51. The number of amides is 2. The quantitative estimate of drug-likeness (QED) is 0.342. The Hall–Kier alpha value is -3.61. The number of carbonyl (C=O) groups excluding carboxylic acids is 2. The number of hydrogen-bond donors (Lipinski definition) is 2. The number of likely N-dealkylation sites (N-methyl/N-ethyl adjacent to an activating group) is 1. The molecule has 204 valence electrons. The van der Waals surface area contributed by atoms with Crippen molar-refractivity contribution in [2.24, 2.45) is 0 Å². The largest absolute Gasteiger partial charge is 0.381 e. The van der Waals surface area contributed by atoms with E-state index in [-0.39, 0.29) is 18.4 Å². The molecule has 4 aromatic rings. The Morgan fingerprint density at radius 3 is 2.69 bits per heavy atom. The molecule has 0 spiro atoms. The van der Waals surface area contributed by atoms with E-state index in [0.29, 0.717) is 34.7 Å². The van der Waals surface area contributed by atoms with Crippen LogP contribution in [0.15, 0.2) is 37.1 Å². The van der Waals surface area contributed by atoms with Gasteiger partial charge in [0.15, 0.2) is 0 Å². The van der Waals surface area contributed by atoms with Crippen LogP contribution in [-0.2, 0) is 9.53 Å². The highest BCUT2D eigenvalue weighted by molar-refractivity contribution is 7.21. The molecule has 1 saturated carbocycles. The molecule has 4 aromatic heterocycles. The monoisotopic (exact) mass is 548 g/mol. The van der Waals surface area contributed by atoms with Crippen LogP contribution >= 0.6 is 11.3 Å². The zero-order valence-electron chi connectivity index (χ0n) is 22.1.